The molecule has 0 radical (unpaired) electrons. The van der Waals surface area contributed by atoms with Crippen molar-refractivity contribution in [3.8, 4) is 0 Å². The molecule has 0 saturated carbocycles. The largest absolute Gasteiger partial charge is 0.316 e. The fourth-order valence-electron chi connectivity index (χ4n) is 1.55. The van der Waals surface area contributed by atoms with Crippen molar-refractivity contribution in [2.75, 3.05) is 38.2 Å². The molecule has 3 heteroatoms. The van der Waals surface area contributed by atoms with E-state index >= 15 is 0 Å². The Morgan fingerprint density at radius 2 is 1.80 bits per heavy atom. The number of nitrogens with one attached hydrogen (secondary N) is 1. The van der Waals surface area contributed by atoms with Gasteiger partial charge in [-0.3, -0.25) is 0 Å². The van der Waals surface area contributed by atoms with Crippen molar-refractivity contribution in [1.82, 2.24) is 10.2 Å². The lowest BCUT2D eigenvalue weighted by Crippen LogP contribution is -2.33. The molecule has 0 spiro atoms. The second-order valence-corrected chi connectivity index (χ2v) is 5.39. The predicted octanol–water partition coefficient (Wildman–Crippen LogP) is 2.31. The molecule has 0 aromatic rings. The second kappa shape index (κ2) is 9.49. The first-order valence-electron chi connectivity index (χ1n) is 6.13. The molecule has 2 nitrogen and oxygen atoms in total. The minimum Gasteiger partial charge on any atom is -0.316 e. The zero-order valence-electron chi connectivity index (χ0n) is 11.0. The molecule has 1 N–H and O–H groups in total. The molecule has 0 rings (SSSR count). The maximum Gasteiger partial charge on any atom is 0.0178 e. The predicted molar refractivity (Wildman–Crippen MR) is 72.8 cm³/mol. The van der Waals surface area contributed by atoms with Crippen LogP contribution >= 0.6 is 11.8 Å². The summed E-state index contributed by atoms with van der Waals surface area (Å²) in [7, 11) is 2.07. The van der Waals surface area contributed by atoms with Crippen molar-refractivity contribution >= 4 is 11.8 Å². The minimum atomic E-state index is 0.659. The summed E-state index contributed by atoms with van der Waals surface area (Å²) >= 11 is 2.07. The molecule has 0 bridgehead atoms. The number of hydrogen-bond donors (Lipinski definition) is 1. The Labute approximate surface area is 100 Å². The molecule has 0 amide bonds. The van der Waals surface area contributed by atoms with Crippen molar-refractivity contribution in [2.45, 2.75) is 33.7 Å². The van der Waals surface area contributed by atoms with Crippen LogP contribution in [0.4, 0.5) is 0 Å². The Morgan fingerprint density at radius 1 is 1.20 bits per heavy atom. The van der Waals surface area contributed by atoms with E-state index in [-0.39, 0.29) is 0 Å². The molecule has 1 unspecified atom stereocenters. The Bertz CT molecular complexity index is 136. The first kappa shape index (κ1) is 15.3. The highest BCUT2D eigenvalue weighted by molar-refractivity contribution is 7.99. The molecular formula is C12H28N2S. The molecule has 0 aliphatic carbocycles. The van der Waals surface area contributed by atoms with Crippen molar-refractivity contribution < 1.29 is 0 Å². The van der Waals surface area contributed by atoms with E-state index in [0.29, 0.717) is 6.04 Å². The highest BCUT2D eigenvalue weighted by Crippen LogP contribution is 2.10. The maximum absolute atomic E-state index is 3.38. The molecule has 1 atom stereocenters. The fourth-order valence-corrected chi connectivity index (χ4v) is 2.91. The molecule has 0 aliphatic heterocycles. The fraction of sp³-hybridized carbons (Fsp3) is 1.00. The Hall–Kier alpha value is 0.270. The number of nitrogens with zero attached hydrogens (tertiary/aromatic N) is 1. The molecule has 0 aromatic carbocycles. The van der Waals surface area contributed by atoms with E-state index in [1.807, 2.05) is 0 Å². The number of thioether (sulfide) groups is 1. The van der Waals surface area contributed by atoms with Crippen molar-refractivity contribution in [1.29, 1.82) is 0 Å². The van der Waals surface area contributed by atoms with Gasteiger partial charge in [0.1, 0.15) is 0 Å². The van der Waals surface area contributed by atoms with Crippen LogP contribution in [0.2, 0.25) is 0 Å². The Balaban J connectivity index is 3.51. The van der Waals surface area contributed by atoms with Crippen LogP contribution in [0, 0.1) is 5.92 Å². The monoisotopic (exact) mass is 232 g/mol. The van der Waals surface area contributed by atoms with E-state index in [2.05, 4.69) is 56.7 Å². The molecule has 0 heterocycles. The van der Waals surface area contributed by atoms with Crippen LogP contribution < -0.4 is 5.32 Å². The van der Waals surface area contributed by atoms with Gasteiger partial charge in [-0.1, -0.05) is 27.7 Å². The third-order valence-corrected chi connectivity index (χ3v) is 3.99. The number of rotatable bonds is 9. The lowest BCUT2D eigenvalue weighted by atomic mass is 10.1. The van der Waals surface area contributed by atoms with E-state index in [1.165, 1.54) is 31.1 Å². The first-order valence-corrected chi connectivity index (χ1v) is 7.28. The van der Waals surface area contributed by atoms with Crippen LogP contribution in [-0.4, -0.2) is 49.1 Å². The standard InChI is InChI=1S/C12H28N2S/c1-6-14(7-2)8-9-15-10-12(13-5)11(3)4/h11-13H,6-10H2,1-5H3. The Kier molecular flexibility index (Phi) is 9.66. The van der Waals surface area contributed by atoms with E-state index < -0.39 is 0 Å². The summed E-state index contributed by atoms with van der Waals surface area (Å²) in [4.78, 5) is 2.48. The van der Waals surface area contributed by atoms with Crippen LogP contribution in [0.25, 0.3) is 0 Å². The quantitative estimate of drug-likeness (QED) is 0.614. The van der Waals surface area contributed by atoms with E-state index in [1.54, 1.807) is 0 Å². The zero-order chi connectivity index (χ0) is 11.7. The number of hydrogen-bond acceptors (Lipinski definition) is 3. The van der Waals surface area contributed by atoms with Gasteiger partial charge >= 0.3 is 0 Å². The van der Waals surface area contributed by atoms with Gasteiger partial charge in [-0.05, 0) is 26.1 Å². The average molecular weight is 232 g/mol. The topological polar surface area (TPSA) is 15.3 Å². The summed E-state index contributed by atoms with van der Waals surface area (Å²) in [5.74, 6) is 3.22. The van der Waals surface area contributed by atoms with E-state index in [9.17, 15) is 0 Å². The van der Waals surface area contributed by atoms with Crippen LogP contribution in [0.3, 0.4) is 0 Å². The van der Waals surface area contributed by atoms with E-state index in [0.717, 1.165) is 5.92 Å². The third-order valence-electron chi connectivity index (χ3n) is 2.92. The van der Waals surface area contributed by atoms with Crippen LogP contribution in [0.15, 0.2) is 0 Å². The van der Waals surface area contributed by atoms with Gasteiger partial charge in [0.15, 0.2) is 0 Å². The third kappa shape index (κ3) is 7.20. The van der Waals surface area contributed by atoms with Gasteiger partial charge in [0, 0.05) is 24.1 Å². The zero-order valence-corrected chi connectivity index (χ0v) is 11.9. The van der Waals surface area contributed by atoms with Crippen molar-refractivity contribution in [2.24, 2.45) is 5.92 Å². The summed E-state index contributed by atoms with van der Waals surface area (Å²) in [6.07, 6.45) is 0. The molecule has 0 aromatic heterocycles. The van der Waals surface area contributed by atoms with Crippen LogP contribution in [0.1, 0.15) is 27.7 Å². The highest BCUT2D eigenvalue weighted by atomic mass is 32.2. The second-order valence-electron chi connectivity index (χ2n) is 4.24. The minimum absolute atomic E-state index is 0.659. The SMILES string of the molecule is CCN(CC)CCSCC(NC)C(C)C. The lowest BCUT2D eigenvalue weighted by Gasteiger charge is -2.21. The summed E-state index contributed by atoms with van der Waals surface area (Å²) in [5, 5.41) is 3.38. The summed E-state index contributed by atoms with van der Waals surface area (Å²) < 4.78 is 0. The van der Waals surface area contributed by atoms with Gasteiger partial charge in [0.05, 0.1) is 0 Å². The molecule has 0 saturated heterocycles. The van der Waals surface area contributed by atoms with Crippen molar-refractivity contribution in [3.63, 3.8) is 0 Å². The van der Waals surface area contributed by atoms with Gasteiger partial charge < -0.3 is 10.2 Å². The smallest absolute Gasteiger partial charge is 0.0178 e. The average Bonchev–Trinajstić information content (AvgIpc) is 2.23. The lowest BCUT2D eigenvalue weighted by molar-refractivity contribution is 0.323. The molecule has 0 fully saturated rings. The molecule has 15 heavy (non-hydrogen) atoms. The van der Waals surface area contributed by atoms with Gasteiger partial charge in [0.2, 0.25) is 0 Å². The van der Waals surface area contributed by atoms with Crippen LogP contribution in [-0.2, 0) is 0 Å². The molecular weight excluding hydrogens is 204 g/mol. The van der Waals surface area contributed by atoms with Gasteiger partial charge in [-0.15, -0.1) is 0 Å². The first-order chi connectivity index (χ1) is 7.15. The van der Waals surface area contributed by atoms with Crippen molar-refractivity contribution in [3.05, 3.63) is 0 Å². The highest BCUT2D eigenvalue weighted by Gasteiger charge is 2.10. The normalized spacial score (nSPS) is 13.8. The van der Waals surface area contributed by atoms with Gasteiger partial charge in [0.25, 0.3) is 0 Å². The van der Waals surface area contributed by atoms with Crippen LogP contribution in [0.5, 0.6) is 0 Å². The maximum atomic E-state index is 3.38. The van der Waals surface area contributed by atoms with Gasteiger partial charge in [-0.2, -0.15) is 11.8 Å². The summed E-state index contributed by atoms with van der Waals surface area (Å²) in [6.45, 7) is 12.6. The molecule has 92 valence electrons. The summed E-state index contributed by atoms with van der Waals surface area (Å²) in [5.41, 5.74) is 0. The summed E-state index contributed by atoms with van der Waals surface area (Å²) in [6, 6.07) is 0.659. The molecule has 0 aliphatic rings. The van der Waals surface area contributed by atoms with Gasteiger partial charge in [-0.25, -0.2) is 0 Å². The van der Waals surface area contributed by atoms with E-state index in [4.69, 9.17) is 0 Å². The Morgan fingerprint density at radius 3 is 2.20 bits per heavy atom.